The average Bonchev–Trinajstić information content (AvgIpc) is 3.18. The Morgan fingerprint density at radius 1 is 0.818 bits per heavy atom. The van der Waals surface area contributed by atoms with Crippen LogP contribution in [0.3, 0.4) is 0 Å². The van der Waals surface area contributed by atoms with Crippen molar-refractivity contribution in [2.24, 2.45) is 0 Å². The van der Waals surface area contributed by atoms with Crippen molar-refractivity contribution >= 4 is 32.3 Å². The number of aliphatic hydroxyl groups excluding tert-OH is 1. The fourth-order valence-corrected chi connectivity index (χ4v) is 4.85. The molecule has 0 aromatic heterocycles. The Balaban J connectivity index is 1.91. The number of hydrogen-bond acceptors (Lipinski definition) is 2. The minimum atomic E-state index is -0.490. The molecule has 3 atom stereocenters. The molecule has 4 aromatic carbocycles. The molecule has 4 aromatic rings. The molecule has 22 heavy (non-hydrogen) atoms. The second kappa shape index (κ2) is 2.94. The molecular weight excluding hydrogens is 272 g/mol. The Hall–Kier alpha value is -2.29. The van der Waals surface area contributed by atoms with Crippen LogP contribution in [0.4, 0.5) is 0 Å². The van der Waals surface area contributed by atoms with Crippen LogP contribution in [0, 0.1) is 6.42 Å². The van der Waals surface area contributed by atoms with E-state index in [4.69, 9.17) is 4.74 Å². The van der Waals surface area contributed by atoms with Gasteiger partial charge in [-0.1, -0.05) is 18.2 Å². The first-order valence-electron chi connectivity index (χ1n) is 7.78. The van der Waals surface area contributed by atoms with Gasteiger partial charge in [-0.2, -0.15) is 0 Å². The standard InChI is InChI=1S/C20H11O2/c21-14-7-10-6-13-17-12(19-20(13)22-19)5-9-3-1-2-8-4-11(14)16(10)18(17)15(8)9/h1-7,14,19-21H/q+1/t14-,19+,20-/m1/s1. The van der Waals surface area contributed by atoms with Crippen molar-refractivity contribution < 1.29 is 9.84 Å². The predicted octanol–water partition coefficient (Wildman–Crippen LogP) is 4.31. The van der Waals surface area contributed by atoms with E-state index in [1.807, 2.05) is 6.42 Å². The quantitative estimate of drug-likeness (QED) is 0.296. The molecule has 0 radical (unpaired) electrons. The highest BCUT2D eigenvalue weighted by Gasteiger charge is 2.52. The van der Waals surface area contributed by atoms with E-state index in [1.165, 1.54) is 49.0 Å². The van der Waals surface area contributed by atoms with Crippen LogP contribution in [0.2, 0.25) is 0 Å². The van der Waals surface area contributed by atoms with Crippen LogP contribution < -0.4 is 0 Å². The minimum absolute atomic E-state index is 0.237. The zero-order valence-electron chi connectivity index (χ0n) is 11.6. The van der Waals surface area contributed by atoms with Gasteiger partial charge in [0, 0.05) is 10.8 Å². The van der Waals surface area contributed by atoms with Crippen molar-refractivity contribution in [2.75, 3.05) is 0 Å². The summed E-state index contributed by atoms with van der Waals surface area (Å²) in [6.45, 7) is 0. The van der Waals surface area contributed by atoms with Gasteiger partial charge in [-0.15, -0.1) is 0 Å². The molecule has 102 valence electrons. The lowest BCUT2D eigenvalue weighted by molar-refractivity contribution is 0.221. The van der Waals surface area contributed by atoms with Crippen LogP contribution in [0.15, 0.2) is 36.4 Å². The van der Waals surface area contributed by atoms with Gasteiger partial charge in [0.2, 0.25) is 0 Å². The first-order valence-corrected chi connectivity index (χ1v) is 7.78. The number of hydrogen-bond donors (Lipinski definition) is 1. The van der Waals surface area contributed by atoms with Crippen LogP contribution in [0.25, 0.3) is 32.3 Å². The number of ether oxygens (including phenoxy) is 1. The molecular formula is C20H11O2+. The smallest absolute Gasteiger partial charge is 0.156 e. The van der Waals surface area contributed by atoms with Gasteiger partial charge >= 0.3 is 0 Å². The monoisotopic (exact) mass is 283 g/mol. The van der Waals surface area contributed by atoms with Crippen LogP contribution in [-0.4, -0.2) is 5.11 Å². The molecule has 2 heteroatoms. The summed E-state index contributed by atoms with van der Waals surface area (Å²) < 4.78 is 5.86. The van der Waals surface area contributed by atoms with Gasteiger partial charge in [-0.25, -0.2) is 0 Å². The van der Waals surface area contributed by atoms with Crippen molar-refractivity contribution in [3.8, 4) is 0 Å². The second-order valence-electron chi connectivity index (χ2n) is 6.78. The molecule has 2 nitrogen and oxygen atoms in total. The molecule has 0 bridgehead atoms. The van der Waals surface area contributed by atoms with E-state index in [0.717, 1.165) is 5.56 Å². The number of epoxide rings is 1. The van der Waals surface area contributed by atoms with Crippen molar-refractivity contribution in [1.29, 1.82) is 0 Å². The largest absolute Gasteiger partial charge is 0.371 e. The lowest BCUT2D eigenvalue weighted by atomic mass is 9.88. The Morgan fingerprint density at radius 2 is 1.55 bits per heavy atom. The number of aliphatic hydroxyl groups is 1. The van der Waals surface area contributed by atoms with Crippen molar-refractivity contribution in [3.05, 3.63) is 65.1 Å². The highest BCUT2D eigenvalue weighted by molar-refractivity contribution is 6.27. The Labute approximate surface area is 126 Å². The molecule has 1 aliphatic heterocycles. The van der Waals surface area contributed by atoms with E-state index >= 15 is 0 Å². The summed E-state index contributed by atoms with van der Waals surface area (Å²) in [6.07, 6.45) is 1.98. The Kier molecular flexibility index (Phi) is 1.39. The third-order valence-electron chi connectivity index (χ3n) is 5.73. The van der Waals surface area contributed by atoms with Crippen molar-refractivity contribution in [3.63, 3.8) is 0 Å². The van der Waals surface area contributed by atoms with Crippen LogP contribution in [0.1, 0.15) is 40.6 Å². The highest BCUT2D eigenvalue weighted by atomic mass is 16.6. The Bertz CT molecular complexity index is 1110. The molecule has 0 spiro atoms. The lowest BCUT2D eigenvalue weighted by Crippen LogP contribution is -1.93. The second-order valence-corrected chi connectivity index (χ2v) is 6.78. The fourth-order valence-electron chi connectivity index (χ4n) is 4.85. The lowest BCUT2D eigenvalue weighted by Gasteiger charge is -2.12. The van der Waals surface area contributed by atoms with Crippen molar-refractivity contribution in [1.82, 2.24) is 0 Å². The van der Waals surface area contributed by atoms with Gasteiger partial charge in [-0.05, 0) is 28.5 Å². The molecule has 7 rings (SSSR count). The highest BCUT2D eigenvalue weighted by Crippen LogP contribution is 2.63. The van der Waals surface area contributed by atoms with E-state index in [1.54, 1.807) is 0 Å². The maximum Gasteiger partial charge on any atom is 0.156 e. The van der Waals surface area contributed by atoms with Gasteiger partial charge < -0.3 is 9.84 Å². The molecule has 2 aliphatic carbocycles. The topological polar surface area (TPSA) is 32.8 Å². The normalized spacial score (nSPS) is 27.0. The summed E-state index contributed by atoms with van der Waals surface area (Å²) in [7, 11) is 0. The van der Waals surface area contributed by atoms with Crippen molar-refractivity contribution in [2.45, 2.75) is 18.3 Å². The third-order valence-corrected chi connectivity index (χ3v) is 5.73. The summed E-state index contributed by atoms with van der Waals surface area (Å²) in [5, 5.41) is 18.3. The first kappa shape index (κ1) is 10.4. The summed E-state index contributed by atoms with van der Waals surface area (Å²) in [4.78, 5) is 0. The zero-order chi connectivity index (χ0) is 14.2. The molecule has 0 unspecified atom stereocenters. The molecule has 1 fully saturated rings. The molecule has 0 saturated carbocycles. The van der Waals surface area contributed by atoms with E-state index in [0.29, 0.717) is 0 Å². The molecule has 1 heterocycles. The predicted molar refractivity (Wildman–Crippen MR) is 85.1 cm³/mol. The van der Waals surface area contributed by atoms with Gasteiger partial charge in [0.25, 0.3) is 0 Å². The minimum Gasteiger partial charge on any atom is -0.371 e. The summed E-state index contributed by atoms with van der Waals surface area (Å²) in [6, 6.07) is 13.2. The van der Waals surface area contributed by atoms with Gasteiger partial charge in [0.05, 0.1) is 34.4 Å². The van der Waals surface area contributed by atoms with Crippen LogP contribution >= 0.6 is 0 Å². The summed E-state index contributed by atoms with van der Waals surface area (Å²) in [5.41, 5.74) is 4.88. The maximum atomic E-state index is 10.5. The molecule has 1 N–H and O–H groups in total. The van der Waals surface area contributed by atoms with Crippen LogP contribution in [-0.2, 0) is 4.74 Å². The van der Waals surface area contributed by atoms with Gasteiger partial charge in [0.1, 0.15) is 17.8 Å². The summed E-state index contributed by atoms with van der Waals surface area (Å²) >= 11 is 0. The van der Waals surface area contributed by atoms with Gasteiger partial charge in [-0.3, -0.25) is 0 Å². The molecule has 1 saturated heterocycles. The zero-order valence-corrected chi connectivity index (χ0v) is 11.6. The van der Waals surface area contributed by atoms with E-state index in [2.05, 4.69) is 36.4 Å². The van der Waals surface area contributed by atoms with E-state index in [-0.39, 0.29) is 12.2 Å². The number of fused-ring (bicyclic) bond motifs is 3. The maximum absolute atomic E-state index is 10.5. The van der Waals surface area contributed by atoms with Gasteiger partial charge in [0.15, 0.2) is 6.10 Å². The third kappa shape index (κ3) is 0.910. The molecule has 0 amide bonds. The van der Waals surface area contributed by atoms with E-state index in [9.17, 15) is 5.11 Å². The van der Waals surface area contributed by atoms with E-state index < -0.39 is 6.10 Å². The average molecular weight is 283 g/mol. The molecule has 3 aliphatic rings. The number of benzene rings is 4. The first-order chi connectivity index (χ1) is 10.8. The Morgan fingerprint density at radius 3 is 2.36 bits per heavy atom. The summed E-state index contributed by atoms with van der Waals surface area (Å²) in [5.74, 6) is 0. The SMILES string of the molecule is O[C@@H]1[CH+]c2cc3c4c(cc5cccc6cc1c2c4c65)[C@@H]1O[C@H]31. The number of rotatable bonds is 0. The van der Waals surface area contributed by atoms with Crippen LogP contribution in [0.5, 0.6) is 0 Å². The fraction of sp³-hybridized carbons (Fsp3) is 0.150.